The summed E-state index contributed by atoms with van der Waals surface area (Å²) < 4.78 is 32.0. The number of sulfonamides is 1. The van der Waals surface area contributed by atoms with Gasteiger partial charge in [-0.2, -0.15) is 0 Å². The normalized spacial score (nSPS) is 11.4. The van der Waals surface area contributed by atoms with E-state index in [1.54, 1.807) is 24.3 Å². The monoisotopic (exact) mass is 392 g/mol. The van der Waals surface area contributed by atoms with Crippen molar-refractivity contribution in [3.05, 3.63) is 80.4 Å². The molecule has 2 heterocycles. The molecule has 0 aliphatic rings. The highest BCUT2D eigenvalue weighted by Gasteiger charge is 2.19. The number of non-ortho nitro benzene ring substituents is 1. The molecule has 134 valence electrons. The molecule has 0 aliphatic heterocycles. The number of nitro benzene ring substituents is 1. The predicted octanol–water partition coefficient (Wildman–Crippen LogP) is 2.96. The Bertz CT molecular complexity index is 1050. The molecule has 3 rings (SSSR count). The molecule has 0 bridgehead atoms. The number of carbonyl (C=O) groups excluding carboxylic acids is 1. The summed E-state index contributed by atoms with van der Waals surface area (Å²) in [5.74, 6) is -0.0802. The van der Waals surface area contributed by atoms with Gasteiger partial charge in [0.1, 0.15) is 0 Å². The molecule has 1 N–H and O–H groups in total. The molecular weight excluding hydrogens is 380 g/mol. The first-order valence-corrected chi connectivity index (χ1v) is 9.58. The van der Waals surface area contributed by atoms with Gasteiger partial charge in [0, 0.05) is 23.6 Å². The second-order valence-electron chi connectivity index (χ2n) is 5.15. The van der Waals surface area contributed by atoms with E-state index in [-0.39, 0.29) is 28.7 Å². The van der Waals surface area contributed by atoms with Crippen molar-refractivity contribution in [2.75, 3.05) is 0 Å². The van der Waals surface area contributed by atoms with E-state index in [0.717, 1.165) is 17.4 Å². The summed E-state index contributed by atoms with van der Waals surface area (Å²) in [6.45, 7) is -0.0405. The van der Waals surface area contributed by atoms with Gasteiger partial charge in [0.05, 0.1) is 21.0 Å². The number of ketones is 1. The molecule has 0 aliphatic carbocycles. The van der Waals surface area contributed by atoms with Gasteiger partial charge in [0.15, 0.2) is 5.76 Å². The lowest BCUT2D eigenvalue weighted by molar-refractivity contribution is -0.385. The molecule has 0 fully saturated rings. The number of furan rings is 1. The largest absolute Gasteiger partial charge is 0.461 e. The van der Waals surface area contributed by atoms with Crippen LogP contribution in [0.3, 0.4) is 0 Å². The molecule has 10 heteroatoms. The zero-order valence-corrected chi connectivity index (χ0v) is 14.7. The molecule has 3 aromatic rings. The summed E-state index contributed by atoms with van der Waals surface area (Å²) in [5, 5.41) is 10.8. The van der Waals surface area contributed by atoms with Crippen molar-refractivity contribution in [3.63, 3.8) is 0 Å². The quantitative estimate of drug-likeness (QED) is 0.375. The standard InChI is InChI=1S/C16H12N2O6S2/c19-16(14-5-2-8-24-14)15-7-6-12(25-15)10-17-26(22,23)13-4-1-3-11(9-13)18(20)21/h1-9,17H,10H2. The van der Waals surface area contributed by atoms with E-state index in [4.69, 9.17) is 4.42 Å². The summed E-state index contributed by atoms with van der Waals surface area (Å²) in [6.07, 6.45) is 1.40. The average Bonchev–Trinajstić information content (AvgIpc) is 3.31. The number of nitro groups is 1. The van der Waals surface area contributed by atoms with Crippen molar-refractivity contribution in [1.29, 1.82) is 0 Å². The van der Waals surface area contributed by atoms with E-state index >= 15 is 0 Å². The first-order chi connectivity index (χ1) is 12.4. The number of thiophene rings is 1. The first kappa shape index (κ1) is 18.0. The van der Waals surface area contributed by atoms with Gasteiger partial charge in [-0.25, -0.2) is 13.1 Å². The Morgan fingerprint density at radius 2 is 2.00 bits per heavy atom. The average molecular weight is 392 g/mol. The lowest BCUT2D eigenvalue weighted by atomic mass is 10.2. The third-order valence-corrected chi connectivity index (χ3v) is 5.89. The van der Waals surface area contributed by atoms with Crippen molar-refractivity contribution < 1.29 is 22.6 Å². The molecule has 2 aromatic heterocycles. The Morgan fingerprint density at radius 3 is 2.69 bits per heavy atom. The van der Waals surface area contributed by atoms with Crippen molar-refractivity contribution >= 4 is 32.8 Å². The van der Waals surface area contributed by atoms with Gasteiger partial charge in [-0.15, -0.1) is 11.3 Å². The Hall–Kier alpha value is -2.82. The molecule has 26 heavy (non-hydrogen) atoms. The van der Waals surface area contributed by atoms with E-state index in [0.29, 0.717) is 9.75 Å². The fourth-order valence-corrected chi connectivity index (χ4v) is 4.17. The van der Waals surface area contributed by atoms with Crippen molar-refractivity contribution in [1.82, 2.24) is 4.72 Å². The van der Waals surface area contributed by atoms with Crippen molar-refractivity contribution in [2.45, 2.75) is 11.4 Å². The summed E-state index contributed by atoms with van der Waals surface area (Å²) in [4.78, 5) is 23.1. The highest BCUT2D eigenvalue weighted by molar-refractivity contribution is 7.89. The van der Waals surface area contributed by atoms with Gasteiger partial charge in [-0.3, -0.25) is 14.9 Å². The van der Waals surface area contributed by atoms with E-state index in [1.807, 2.05) is 0 Å². The van der Waals surface area contributed by atoms with Gasteiger partial charge in [0.25, 0.3) is 5.69 Å². The zero-order valence-electron chi connectivity index (χ0n) is 13.1. The Labute approximate surface area is 152 Å². The van der Waals surface area contributed by atoms with Crippen molar-refractivity contribution in [2.24, 2.45) is 0 Å². The Kier molecular flexibility index (Phi) is 4.98. The van der Waals surface area contributed by atoms with Crippen LogP contribution in [0.4, 0.5) is 5.69 Å². The molecule has 1 aromatic carbocycles. The third-order valence-electron chi connectivity index (χ3n) is 3.41. The molecular formula is C16H12N2O6S2. The molecule has 8 nitrogen and oxygen atoms in total. The molecule has 0 saturated carbocycles. The van der Waals surface area contributed by atoms with Crippen LogP contribution in [0.1, 0.15) is 20.3 Å². The third kappa shape index (κ3) is 3.87. The van der Waals surface area contributed by atoms with Crippen LogP contribution in [0.25, 0.3) is 0 Å². The fraction of sp³-hybridized carbons (Fsp3) is 0.0625. The minimum absolute atomic E-state index is 0.0405. The summed E-state index contributed by atoms with van der Waals surface area (Å²) >= 11 is 1.14. The van der Waals surface area contributed by atoms with Gasteiger partial charge in [0.2, 0.25) is 15.8 Å². The first-order valence-electron chi connectivity index (χ1n) is 7.28. The highest BCUT2D eigenvalue weighted by atomic mass is 32.2. The van der Waals surface area contributed by atoms with Crippen LogP contribution in [-0.4, -0.2) is 19.1 Å². The second-order valence-corrected chi connectivity index (χ2v) is 8.09. The number of hydrogen-bond acceptors (Lipinski definition) is 7. The molecule has 0 atom stereocenters. The Balaban J connectivity index is 1.72. The maximum Gasteiger partial charge on any atom is 0.270 e. The van der Waals surface area contributed by atoms with Gasteiger partial charge < -0.3 is 4.42 Å². The SMILES string of the molecule is O=C(c1ccco1)c1ccc(CNS(=O)(=O)c2cccc([N+](=O)[O-])c2)s1. The van der Waals surface area contributed by atoms with Crippen LogP contribution in [0.5, 0.6) is 0 Å². The van der Waals surface area contributed by atoms with Crippen LogP contribution >= 0.6 is 11.3 Å². The van der Waals surface area contributed by atoms with Crippen LogP contribution < -0.4 is 4.72 Å². The van der Waals surface area contributed by atoms with Crippen LogP contribution in [-0.2, 0) is 16.6 Å². The lowest BCUT2D eigenvalue weighted by Gasteiger charge is -2.05. The van der Waals surface area contributed by atoms with Crippen molar-refractivity contribution in [3.8, 4) is 0 Å². The van der Waals surface area contributed by atoms with Gasteiger partial charge in [-0.05, 0) is 30.3 Å². The summed E-state index contributed by atoms with van der Waals surface area (Å²) in [7, 11) is -3.92. The molecule has 0 saturated heterocycles. The number of carbonyl (C=O) groups is 1. The van der Waals surface area contributed by atoms with Crippen LogP contribution in [0, 0.1) is 10.1 Å². The van der Waals surface area contributed by atoms with Gasteiger partial charge in [-0.1, -0.05) is 6.07 Å². The molecule has 0 radical (unpaired) electrons. The zero-order chi connectivity index (χ0) is 18.7. The summed E-state index contributed by atoms with van der Waals surface area (Å²) in [5.41, 5.74) is -0.310. The van der Waals surface area contributed by atoms with E-state index in [2.05, 4.69) is 4.72 Å². The highest BCUT2D eigenvalue weighted by Crippen LogP contribution is 2.22. The molecule has 0 amide bonds. The van der Waals surface area contributed by atoms with E-state index in [9.17, 15) is 23.3 Å². The maximum absolute atomic E-state index is 12.3. The topological polar surface area (TPSA) is 120 Å². The van der Waals surface area contributed by atoms with Crippen LogP contribution in [0.15, 0.2) is 64.1 Å². The Morgan fingerprint density at radius 1 is 1.19 bits per heavy atom. The number of rotatable bonds is 7. The summed E-state index contributed by atoms with van der Waals surface area (Å²) in [6, 6.07) is 11.2. The lowest BCUT2D eigenvalue weighted by Crippen LogP contribution is -2.22. The van der Waals surface area contributed by atoms with Crippen LogP contribution in [0.2, 0.25) is 0 Å². The smallest absolute Gasteiger partial charge is 0.270 e. The fourth-order valence-electron chi connectivity index (χ4n) is 2.14. The number of hydrogen-bond donors (Lipinski definition) is 1. The van der Waals surface area contributed by atoms with E-state index < -0.39 is 14.9 Å². The second kappa shape index (κ2) is 7.20. The minimum atomic E-state index is -3.92. The molecule has 0 spiro atoms. The van der Waals surface area contributed by atoms with E-state index in [1.165, 1.54) is 24.5 Å². The minimum Gasteiger partial charge on any atom is -0.461 e. The predicted molar refractivity (Wildman–Crippen MR) is 93.6 cm³/mol. The number of nitrogens with one attached hydrogen (secondary N) is 1. The van der Waals surface area contributed by atoms with Gasteiger partial charge >= 0.3 is 0 Å². The number of nitrogens with zero attached hydrogens (tertiary/aromatic N) is 1. The number of benzene rings is 1. The molecule has 0 unspecified atom stereocenters. The maximum atomic E-state index is 12.3.